The Labute approximate surface area is 147 Å². The number of alkyl halides is 3. The zero-order valence-corrected chi connectivity index (χ0v) is 14.3. The molecule has 0 aliphatic carbocycles. The number of halogens is 4. The average molecular weight is 371 g/mol. The second-order valence-corrected chi connectivity index (χ2v) is 6.81. The minimum absolute atomic E-state index is 0.0145. The molecule has 0 radical (unpaired) electrons. The van der Waals surface area contributed by atoms with Gasteiger partial charge in [-0.2, -0.15) is 13.2 Å². The molecule has 0 fully saturated rings. The highest BCUT2D eigenvalue weighted by atomic mass is 32.2. The molecule has 2 nitrogen and oxygen atoms in total. The molecular formula is C18H17F4NOS. The molecule has 1 aliphatic heterocycles. The molecule has 7 heteroatoms. The van der Waals surface area contributed by atoms with Gasteiger partial charge in [-0.1, -0.05) is 25.1 Å². The molecule has 2 aromatic rings. The lowest BCUT2D eigenvalue weighted by molar-refractivity contribution is -0.172. The Balaban J connectivity index is 1.88. The van der Waals surface area contributed by atoms with Crippen molar-refractivity contribution in [3.63, 3.8) is 0 Å². The quantitative estimate of drug-likeness (QED) is 0.516. The van der Waals surface area contributed by atoms with Gasteiger partial charge >= 0.3 is 6.18 Å². The zero-order valence-electron chi connectivity index (χ0n) is 13.5. The van der Waals surface area contributed by atoms with E-state index in [2.05, 4.69) is 0 Å². The molecule has 0 amide bonds. The van der Waals surface area contributed by atoms with Crippen molar-refractivity contribution in [3.05, 3.63) is 59.4 Å². The molecule has 0 saturated heterocycles. The summed E-state index contributed by atoms with van der Waals surface area (Å²) in [4.78, 5) is 0.680. The molecule has 2 aromatic carbocycles. The van der Waals surface area contributed by atoms with Crippen molar-refractivity contribution >= 4 is 11.9 Å². The fourth-order valence-corrected chi connectivity index (χ4v) is 3.84. The van der Waals surface area contributed by atoms with Gasteiger partial charge in [-0.3, -0.25) is 0 Å². The van der Waals surface area contributed by atoms with Gasteiger partial charge in [-0.25, -0.2) is 8.70 Å². The summed E-state index contributed by atoms with van der Waals surface area (Å²) in [6.45, 7) is 2.44. The molecule has 1 aliphatic rings. The van der Waals surface area contributed by atoms with E-state index >= 15 is 0 Å². The van der Waals surface area contributed by atoms with Gasteiger partial charge in [0, 0.05) is 17.9 Å². The Morgan fingerprint density at radius 2 is 1.88 bits per heavy atom. The van der Waals surface area contributed by atoms with Crippen LogP contribution in [0.5, 0.6) is 5.75 Å². The highest BCUT2D eigenvalue weighted by Crippen LogP contribution is 2.43. The summed E-state index contributed by atoms with van der Waals surface area (Å²) in [7, 11) is 0. The van der Waals surface area contributed by atoms with Crippen molar-refractivity contribution in [2.75, 3.05) is 13.2 Å². The van der Waals surface area contributed by atoms with Crippen LogP contribution >= 0.6 is 11.9 Å². The third kappa shape index (κ3) is 4.10. The van der Waals surface area contributed by atoms with Crippen LogP contribution in [-0.2, 0) is 6.42 Å². The standard InChI is InChI=1S/C18H17F4NOS/c1-2-23(25-15-8-5-12-9-10-24-16(12)11-15)17(18(20,21)22)13-3-6-14(19)7-4-13/h3-8,11,17H,2,9-10H2,1H3. The second-order valence-electron chi connectivity index (χ2n) is 5.69. The van der Waals surface area contributed by atoms with E-state index in [0.717, 1.165) is 41.8 Å². The van der Waals surface area contributed by atoms with E-state index in [0.29, 0.717) is 11.5 Å². The van der Waals surface area contributed by atoms with E-state index < -0.39 is 18.0 Å². The van der Waals surface area contributed by atoms with Gasteiger partial charge in [0.05, 0.1) is 6.61 Å². The monoisotopic (exact) mass is 371 g/mol. The van der Waals surface area contributed by atoms with E-state index in [1.807, 2.05) is 6.07 Å². The van der Waals surface area contributed by atoms with E-state index in [9.17, 15) is 17.6 Å². The minimum Gasteiger partial charge on any atom is -0.493 e. The lowest BCUT2D eigenvalue weighted by atomic mass is 10.1. The largest absolute Gasteiger partial charge is 0.493 e. The molecule has 0 aromatic heterocycles. The van der Waals surface area contributed by atoms with Crippen LogP contribution < -0.4 is 4.74 Å². The van der Waals surface area contributed by atoms with Gasteiger partial charge in [0.25, 0.3) is 0 Å². The first-order valence-electron chi connectivity index (χ1n) is 7.91. The number of nitrogens with zero attached hydrogens (tertiary/aromatic N) is 1. The van der Waals surface area contributed by atoms with E-state index in [1.54, 1.807) is 19.1 Å². The third-order valence-electron chi connectivity index (χ3n) is 3.99. The maximum absolute atomic E-state index is 13.7. The predicted molar refractivity (Wildman–Crippen MR) is 89.1 cm³/mol. The normalized spacial score (nSPS) is 15.1. The predicted octanol–water partition coefficient (Wildman–Crippen LogP) is 5.39. The topological polar surface area (TPSA) is 12.5 Å². The molecule has 0 bridgehead atoms. The number of hydrogen-bond donors (Lipinski definition) is 0. The Morgan fingerprint density at radius 3 is 2.52 bits per heavy atom. The number of benzene rings is 2. The van der Waals surface area contributed by atoms with Crippen LogP contribution in [0.15, 0.2) is 47.4 Å². The van der Waals surface area contributed by atoms with E-state index in [1.165, 1.54) is 16.4 Å². The van der Waals surface area contributed by atoms with Crippen LogP contribution in [0.3, 0.4) is 0 Å². The maximum atomic E-state index is 13.7. The third-order valence-corrected chi connectivity index (χ3v) is 5.15. The lowest BCUT2D eigenvalue weighted by Crippen LogP contribution is -2.34. The van der Waals surface area contributed by atoms with Gasteiger partial charge in [0.2, 0.25) is 0 Å². The number of fused-ring (bicyclic) bond motifs is 1. The summed E-state index contributed by atoms with van der Waals surface area (Å²) in [6.07, 6.45) is -3.66. The fraction of sp³-hybridized carbons (Fsp3) is 0.333. The first-order valence-corrected chi connectivity index (χ1v) is 8.68. The van der Waals surface area contributed by atoms with Crippen molar-refractivity contribution in [3.8, 4) is 5.75 Å². The van der Waals surface area contributed by atoms with Gasteiger partial charge in [-0.05, 0) is 47.3 Å². The van der Waals surface area contributed by atoms with Crippen LogP contribution in [0.1, 0.15) is 24.1 Å². The fourth-order valence-electron chi connectivity index (χ4n) is 2.80. The number of hydrogen-bond acceptors (Lipinski definition) is 3. The highest BCUT2D eigenvalue weighted by Gasteiger charge is 2.44. The molecule has 0 spiro atoms. The molecule has 1 heterocycles. The number of rotatable bonds is 5. The summed E-state index contributed by atoms with van der Waals surface area (Å²) in [5.74, 6) is 0.169. The van der Waals surface area contributed by atoms with Crippen LogP contribution in [0, 0.1) is 5.82 Å². The van der Waals surface area contributed by atoms with E-state index in [4.69, 9.17) is 4.74 Å². The van der Waals surface area contributed by atoms with Crippen LogP contribution in [-0.4, -0.2) is 23.6 Å². The summed E-state index contributed by atoms with van der Waals surface area (Å²) < 4.78 is 60.9. The Hall–Kier alpha value is -1.73. The maximum Gasteiger partial charge on any atom is 0.408 e. The molecule has 3 rings (SSSR count). The summed E-state index contributed by atoms with van der Waals surface area (Å²) in [6, 6.07) is 8.11. The van der Waals surface area contributed by atoms with Crippen molar-refractivity contribution in [1.29, 1.82) is 0 Å². The molecule has 0 saturated carbocycles. The SMILES string of the molecule is CCN(Sc1ccc2c(c1)OCC2)C(c1ccc(F)cc1)C(F)(F)F. The van der Waals surface area contributed by atoms with Gasteiger partial charge < -0.3 is 4.74 Å². The first kappa shape index (κ1) is 18.1. The Kier molecular flexibility index (Phi) is 5.24. The van der Waals surface area contributed by atoms with Gasteiger partial charge in [-0.15, -0.1) is 0 Å². The number of ether oxygens (including phenoxy) is 1. The summed E-state index contributed by atoms with van der Waals surface area (Å²) in [5.41, 5.74) is 1.08. The van der Waals surface area contributed by atoms with Crippen molar-refractivity contribution < 1.29 is 22.3 Å². The summed E-state index contributed by atoms with van der Waals surface area (Å²) in [5, 5.41) is 0. The van der Waals surface area contributed by atoms with Crippen molar-refractivity contribution in [2.45, 2.75) is 30.5 Å². The van der Waals surface area contributed by atoms with Crippen LogP contribution in [0.4, 0.5) is 17.6 Å². The van der Waals surface area contributed by atoms with Crippen LogP contribution in [0.2, 0.25) is 0 Å². The minimum atomic E-state index is -4.48. The van der Waals surface area contributed by atoms with Gasteiger partial charge in [0.15, 0.2) is 0 Å². The average Bonchev–Trinajstić information content (AvgIpc) is 3.02. The summed E-state index contributed by atoms with van der Waals surface area (Å²) >= 11 is 1.03. The first-order chi connectivity index (χ1) is 11.9. The molecular weight excluding hydrogens is 354 g/mol. The second kappa shape index (κ2) is 7.25. The Bertz CT molecular complexity index is 733. The molecule has 1 atom stereocenters. The van der Waals surface area contributed by atoms with Gasteiger partial charge in [0.1, 0.15) is 17.6 Å². The zero-order chi connectivity index (χ0) is 18.0. The molecule has 1 unspecified atom stereocenters. The smallest absolute Gasteiger partial charge is 0.408 e. The molecule has 134 valence electrons. The molecule has 0 N–H and O–H groups in total. The molecule has 25 heavy (non-hydrogen) atoms. The van der Waals surface area contributed by atoms with Crippen LogP contribution in [0.25, 0.3) is 0 Å². The van der Waals surface area contributed by atoms with Crippen molar-refractivity contribution in [2.24, 2.45) is 0 Å². The lowest BCUT2D eigenvalue weighted by Gasteiger charge is -2.31. The Morgan fingerprint density at radius 1 is 1.16 bits per heavy atom. The highest BCUT2D eigenvalue weighted by molar-refractivity contribution is 7.97. The van der Waals surface area contributed by atoms with Crippen molar-refractivity contribution in [1.82, 2.24) is 4.31 Å². The van der Waals surface area contributed by atoms with E-state index in [-0.39, 0.29) is 12.1 Å².